The Morgan fingerprint density at radius 3 is 1.74 bits per heavy atom. The van der Waals surface area contributed by atoms with E-state index in [2.05, 4.69) is 5.32 Å². The largest absolute Gasteiger partial charge is 0.507 e. The van der Waals surface area contributed by atoms with Crippen molar-refractivity contribution in [1.29, 1.82) is 0 Å². The van der Waals surface area contributed by atoms with E-state index in [1.165, 1.54) is 18.2 Å². The van der Waals surface area contributed by atoms with Crippen LogP contribution in [0.1, 0.15) is 170 Å². The molecule has 0 aromatic heterocycles. The van der Waals surface area contributed by atoms with Gasteiger partial charge in [0.25, 0.3) is 11.8 Å². The standard InChI is InChI=1S/C56H69NO16/c1-33-27-38(71-55(68-33)45-18-3-6-21-49(45)62)13-8-11-35(58)29-37(60)31-39(69-53(66)34-23-24-43-47(28-34)52(65)57-51(43)64)15-10-16-41-32-40(72-56(73-41)46-19-4-7-22-50(46)63)14-9-12-36(59)30-42-25-26-67-54(70-42)44-17-2-5-20-48(44)61/h2-7,17-24,28,33,35-42,54-56,58-63H,8-16,25-27,29-32H2,1H3,(H,57,64,65). The molecule has 0 spiro atoms. The topological polar surface area (TPSA) is 249 Å². The number of amides is 2. The summed E-state index contributed by atoms with van der Waals surface area (Å²) in [6, 6.07) is 24.7. The molecule has 3 fully saturated rings. The van der Waals surface area contributed by atoms with Gasteiger partial charge >= 0.3 is 5.97 Å². The molecule has 3 saturated heterocycles. The third-order valence-electron chi connectivity index (χ3n) is 14.1. The molecule has 394 valence electrons. The van der Waals surface area contributed by atoms with Gasteiger partial charge in [0.05, 0.1) is 72.1 Å². The molecule has 0 aliphatic carbocycles. The number of para-hydroxylation sites is 3. The number of carbonyl (C=O) groups is 3. The maximum Gasteiger partial charge on any atom is 0.338 e. The molecule has 4 aliphatic rings. The van der Waals surface area contributed by atoms with Crippen molar-refractivity contribution in [3.8, 4) is 17.2 Å². The molecular weight excluding hydrogens is 943 g/mol. The lowest BCUT2D eigenvalue weighted by Crippen LogP contribution is -2.34. The molecule has 8 rings (SSSR count). The number of hydrogen-bond donors (Lipinski definition) is 7. The monoisotopic (exact) mass is 1010 g/mol. The van der Waals surface area contributed by atoms with Gasteiger partial charge in [0.1, 0.15) is 23.4 Å². The van der Waals surface area contributed by atoms with Crippen LogP contribution in [0.25, 0.3) is 0 Å². The van der Waals surface area contributed by atoms with Crippen molar-refractivity contribution in [3.63, 3.8) is 0 Å². The van der Waals surface area contributed by atoms with Gasteiger partial charge in [0, 0.05) is 29.5 Å². The highest BCUT2D eigenvalue weighted by Gasteiger charge is 2.35. The molecule has 4 aromatic carbocycles. The van der Waals surface area contributed by atoms with Crippen LogP contribution >= 0.6 is 0 Å². The van der Waals surface area contributed by atoms with Gasteiger partial charge in [-0.2, -0.15) is 0 Å². The molecule has 17 nitrogen and oxygen atoms in total. The second-order valence-corrected chi connectivity index (χ2v) is 19.8. The van der Waals surface area contributed by atoms with Crippen molar-refractivity contribution < 1.29 is 78.2 Å². The molecule has 2 amide bonds. The highest BCUT2D eigenvalue weighted by molar-refractivity contribution is 6.22. The highest BCUT2D eigenvalue weighted by Crippen LogP contribution is 2.39. The Balaban J connectivity index is 0.857. The van der Waals surface area contributed by atoms with Crippen molar-refractivity contribution in [1.82, 2.24) is 5.32 Å². The Morgan fingerprint density at radius 2 is 1.12 bits per heavy atom. The zero-order valence-electron chi connectivity index (χ0n) is 41.2. The van der Waals surface area contributed by atoms with Crippen LogP contribution in [0.5, 0.6) is 17.2 Å². The van der Waals surface area contributed by atoms with Crippen LogP contribution in [0.3, 0.4) is 0 Å². The maximum atomic E-state index is 13.7. The highest BCUT2D eigenvalue weighted by atomic mass is 16.7. The number of aliphatic hydroxyl groups is 3. The Bertz CT molecular complexity index is 2470. The number of imide groups is 1. The number of phenols is 3. The van der Waals surface area contributed by atoms with Gasteiger partial charge < -0.3 is 63.8 Å². The molecule has 0 saturated carbocycles. The van der Waals surface area contributed by atoms with E-state index in [4.69, 9.17) is 33.2 Å². The smallest absolute Gasteiger partial charge is 0.338 e. The fourth-order valence-corrected chi connectivity index (χ4v) is 10.2. The predicted octanol–water partition coefficient (Wildman–Crippen LogP) is 8.25. The van der Waals surface area contributed by atoms with Crippen molar-refractivity contribution >= 4 is 17.8 Å². The minimum absolute atomic E-state index is 0.0178. The van der Waals surface area contributed by atoms with Gasteiger partial charge in [0.2, 0.25) is 0 Å². The van der Waals surface area contributed by atoms with Crippen LogP contribution in [-0.2, 0) is 33.2 Å². The number of nitrogens with one attached hydrogen (secondary N) is 1. The van der Waals surface area contributed by atoms with E-state index < -0.39 is 61.1 Å². The molecule has 7 N–H and O–H groups in total. The number of ether oxygens (including phenoxy) is 7. The minimum Gasteiger partial charge on any atom is -0.507 e. The first-order valence-corrected chi connectivity index (χ1v) is 25.7. The Morgan fingerprint density at radius 1 is 0.603 bits per heavy atom. The first-order chi connectivity index (χ1) is 35.3. The fourth-order valence-electron chi connectivity index (χ4n) is 10.2. The van der Waals surface area contributed by atoms with Crippen LogP contribution in [-0.4, -0.2) is 110 Å². The van der Waals surface area contributed by atoms with Crippen molar-refractivity contribution in [2.45, 2.75) is 177 Å². The summed E-state index contributed by atoms with van der Waals surface area (Å²) in [4.78, 5) is 38.3. The number of carbonyl (C=O) groups excluding carboxylic acids is 3. The molecule has 17 heteroatoms. The number of phenolic OH excluding ortho intramolecular Hbond substituents is 3. The number of hydrogen-bond acceptors (Lipinski definition) is 16. The van der Waals surface area contributed by atoms with Crippen LogP contribution < -0.4 is 5.32 Å². The quantitative estimate of drug-likeness (QED) is 0.0273. The molecule has 4 aromatic rings. The normalized spacial score (nSPS) is 25.8. The van der Waals surface area contributed by atoms with Crippen molar-refractivity contribution in [2.75, 3.05) is 6.61 Å². The number of benzene rings is 4. The number of rotatable bonds is 23. The summed E-state index contributed by atoms with van der Waals surface area (Å²) in [5.74, 6) is -1.68. The van der Waals surface area contributed by atoms with E-state index in [1.54, 1.807) is 66.7 Å². The summed E-state index contributed by atoms with van der Waals surface area (Å²) in [6.45, 7) is 2.39. The fraction of sp³-hybridized carbons (Fsp3) is 0.518. The van der Waals surface area contributed by atoms with E-state index >= 15 is 0 Å². The van der Waals surface area contributed by atoms with Gasteiger partial charge in [-0.1, -0.05) is 54.6 Å². The SMILES string of the molecule is CC1CC(CCCC(O)CC(O)CC(CCCC2CC(CCCC(O)CC3CCOC(c4ccccc4O)O3)OC(c3ccccc3O)O2)OC(=O)c2ccc3c(c2)C(=O)NC3=O)OC(c2ccccc2O)O1. The second-order valence-electron chi connectivity index (χ2n) is 19.8. The first-order valence-electron chi connectivity index (χ1n) is 25.7. The zero-order valence-corrected chi connectivity index (χ0v) is 41.2. The summed E-state index contributed by atoms with van der Waals surface area (Å²) < 4.78 is 42.9. The van der Waals surface area contributed by atoms with Gasteiger partial charge in [-0.15, -0.1) is 0 Å². The zero-order chi connectivity index (χ0) is 51.4. The lowest BCUT2D eigenvalue weighted by Gasteiger charge is -2.36. The van der Waals surface area contributed by atoms with E-state index in [1.807, 2.05) is 13.0 Å². The van der Waals surface area contributed by atoms with Gasteiger partial charge in [-0.25, -0.2) is 4.79 Å². The summed E-state index contributed by atoms with van der Waals surface area (Å²) in [5, 5.41) is 67.3. The number of aliphatic hydroxyl groups excluding tert-OH is 3. The predicted molar refractivity (Wildman–Crippen MR) is 263 cm³/mol. The van der Waals surface area contributed by atoms with Crippen molar-refractivity contribution in [3.05, 3.63) is 124 Å². The molecule has 12 unspecified atom stereocenters. The molecule has 4 heterocycles. The van der Waals surface area contributed by atoms with Crippen molar-refractivity contribution in [2.24, 2.45) is 0 Å². The van der Waals surface area contributed by atoms with Gasteiger partial charge in [-0.3, -0.25) is 14.9 Å². The lowest BCUT2D eigenvalue weighted by molar-refractivity contribution is -0.251. The second kappa shape index (κ2) is 25.7. The van der Waals surface area contributed by atoms with Gasteiger partial charge in [-0.05, 0) is 127 Å². The summed E-state index contributed by atoms with van der Waals surface area (Å²) >= 11 is 0. The first kappa shape index (κ1) is 53.8. The van der Waals surface area contributed by atoms with Crippen LogP contribution in [0.4, 0.5) is 0 Å². The summed E-state index contributed by atoms with van der Waals surface area (Å²) in [6.07, 6.45) is 0.161. The minimum atomic E-state index is -1.04. The molecular formula is C56H69NO16. The third-order valence-corrected chi connectivity index (χ3v) is 14.1. The van der Waals surface area contributed by atoms with E-state index in [0.717, 1.165) is 0 Å². The summed E-state index contributed by atoms with van der Waals surface area (Å²) in [7, 11) is 0. The Kier molecular flexibility index (Phi) is 18.9. The average molecular weight is 1010 g/mol. The van der Waals surface area contributed by atoms with E-state index in [-0.39, 0.29) is 77.3 Å². The molecule has 12 atom stereocenters. The average Bonchev–Trinajstić information content (AvgIpc) is 3.65. The van der Waals surface area contributed by atoms with E-state index in [0.29, 0.717) is 107 Å². The molecule has 4 aliphatic heterocycles. The Hall–Kier alpha value is -5.47. The van der Waals surface area contributed by atoms with Crippen LogP contribution in [0.2, 0.25) is 0 Å². The summed E-state index contributed by atoms with van der Waals surface area (Å²) in [5.41, 5.74) is 1.88. The molecule has 73 heavy (non-hydrogen) atoms. The number of fused-ring (bicyclic) bond motifs is 1. The maximum absolute atomic E-state index is 13.7. The van der Waals surface area contributed by atoms with Crippen LogP contribution in [0.15, 0.2) is 91.0 Å². The lowest BCUT2D eigenvalue weighted by atomic mass is 9.95. The van der Waals surface area contributed by atoms with Gasteiger partial charge in [0.15, 0.2) is 18.9 Å². The molecule has 0 bridgehead atoms. The third kappa shape index (κ3) is 14.9. The van der Waals surface area contributed by atoms with E-state index in [9.17, 15) is 45.0 Å². The van der Waals surface area contributed by atoms with Crippen LogP contribution in [0, 0.1) is 0 Å². The number of aromatic hydroxyl groups is 3. The number of esters is 1. The Labute approximate surface area is 425 Å². The molecule has 0 radical (unpaired) electrons.